The molecule has 1 aromatic carbocycles. The first-order valence-corrected chi connectivity index (χ1v) is 9.04. The predicted molar refractivity (Wildman–Crippen MR) is 91.0 cm³/mol. The van der Waals surface area contributed by atoms with Crippen LogP contribution >= 0.6 is 11.8 Å². The minimum atomic E-state index is 0.0723. The number of nitrogens with one attached hydrogen (secondary N) is 1. The first kappa shape index (κ1) is 16.4. The Balaban J connectivity index is 2.04. The van der Waals surface area contributed by atoms with Crippen LogP contribution in [0.2, 0.25) is 0 Å². The molecule has 2 atom stereocenters. The maximum absolute atomic E-state index is 11.5. The molecule has 1 aliphatic rings. The number of thioether (sulfide) groups is 1. The number of hydrogen-bond donors (Lipinski definition) is 1. The van der Waals surface area contributed by atoms with E-state index in [1.54, 1.807) is 6.92 Å². The van der Waals surface area contributed by atoms with Crippen molar-refractivity contribution >= 4 is 17.7 Å². The molecule has 1 heterocycles. The summed E-state index contributed by atoms with van der Waals surface area (Å²) in [6, 6.07) is 8.98. The van der Waals surface area contributed by atoms with Gasteiger partial charge in [0.25, 0.3) is 0 Å². The van der Waals surface area contributed by atoms with Gasteiger partial charge in [-0.1, -0.05) is 29.8 Å². The number of amides is 1. The van der Waals surface area contributed by atoms with E-state index in [0.29, 0.717) is 5.92 Å². The third kappa shape index (κ3) is 4.75. The molecule has 116 valence electrons. The second-order valence-corrected chi connectivity index (χ2v) is 6.92. The van der Waals surface area contributed by atoms with Crippen molar-refractivity contribution in [2.75, 3.05) is 31.6 Å². The van der Waals surface area contributed by atoms with E-state index in [1.807, 2.05) is 11.8 Å². The Labute approximate surface area is 132 Å². The molecule has 1 N–H and O–H groups in total. The zero-order valence-corrected chi connectivity index (χ0v) is 14.1. The maximum Gasteiger partial charge on any atom is 0.217 e. The van der Waals surface area contributed by atoms with E-state index in [9.17, 15) is 4.79 Å². The van der Waals surface area contributed by atoms with Gasteiger partial charge in [-0.05, 0) is 37.5 Å². The summed E-state index contributed by atoms with van der Waals surface area (Å²) in [6.07, 6.45) is 3.37. The van der Waals surface area contributed by atoms with Gasteiger partial charge >= 0.3 is 0 Å². The van der Waals surface area contributed by atoms with E-state index >= 15 is 0 Å². The highest BCUT2D eigenvalue weighted by atomic mass is 32.2. The van der Waals surface area contributed by atoms with Crippen molar-refractivity contribution in [3.8, 4) is 0 Å². The normalized spacial score (nSPS) is 22.4. The summed E-state index contributed by atoms with van der Waals surface area (Å²) in [7, 11) is 0. The number of nitrogens with zero attached hydrogens (tertiary/aromatic N) is 1. The van der Waals surface area contributed by atoms with E-state index in [2.05, 4.69) is 47.7 Å². The molecule has 4 heteroatoms. The summed E-state index contributed by atoms with van der Waals surface area (Å²) in [5.41, 5.74) is 2.62. The number of benzene rings is 1. The quantitative estimate of drug-likeness (QED) is 0.820. The minimum Gasteiger partial charge on any atom is -0.352 e. The van der Waals surface area contributed by atoms with Crippen LogP contribution in [-0.2, 0) is 4.79 Å². The van der Waals surface area contributed by atoms with Gasteiger partial charge in [0, 0.05) is 32.0 Å². The SMILES string of the molecule is CSCCCN1C[C@@H](NC(C)=O)[C@H](c2ccc(C)cc2)C1. The van der Waals surface area contributed by atoms with E-state index in [4.69, 9.17) is 0 Å². The molecule has 1 aliphatic heterocycles. The van der Waals surface area contributed by atoms with Crippen LogP contribution in [0.25, 0.3) is 0 Å². The first-order valence-electron chi connectivity index (χ1n) is 7.65. The molecule has 0 unspecified atom stereocenters. The van der Waals surface area contributed by atoms with Crippen LogP contribution in [0.3, 0.4) is 0 Å². The molecule has 0 aliphatic carbocycles. The van der Waals surface area contributed by atoms with Gasteiger partial charge in [-0.2, -0.15) is 11.8 Å². The highest BCUT2D eigenvalue weighted by Crippen LogP contribution is 2.28. The lowest BCUT2D eigenvalue weighted by Crippen LogP contribution is -2.38. The van der Waals surface area contributed by atoms with Gasteiger partial charge in [0.1, 0.15) is 0 Å². The van der Waals surface area contributed by atoms with E-state index in [0.717, 1.165) is 19.6 Å². The third-order valence-electron chi connectivity index (χ3n) is 4.11. The molecule has 0 bridgehead atoms. The second kappa shape index (κ2) is 7.85. The van der Waals surface area contributed by atoms with E-state index in [1.165, 1.54) is 23.3 Å². The van der Waals surface area contributed by atoms with Crippen molar-refractivity contribution in [1.29, 1.82) is 0 Å². The Morgan fingerprint density at radius 3 is 2.67 bits per heavy atom. The number of aryl methyl sites for hydroxylation is 1. The van der Waals surface area contributed by atoms with Crippen LogP contribution in [0.4, 0.5) is 0 Å². The number of carbonyl (C=O) groups excluding carboxylic acids is 1. The zero-order valence-electron chi connectivity index (χ0n) is 13.3. The highest BCUT2D eigenvalue weighted by Gasteiger charge is 2.33. The molecule has 21 heavy (non-hydrogen) atoms. The number of rotatable bonds is 6. The van der Waals surface area contributed by atoms with Crippen molar-refractivity contribution < 1.29 is 4.79 Å². The summed E-state index contributed by atoms with van der Waals surface area (Å²) < 4.78 is 0. The number of likely N-dealkylation sites (tertiary alicyclic amines) is 1. The molecule has 0 saturated carbocycles. The Bertz CT molecular complexity index is 460. The molecule has 1 fully saturated rings. The van der Waals surface area contributed by atoms with Crippen molar-refractivity contribution in [2.24, 2.45) is 0 Å². The molecule has 0 radical (unpaired) electrons. The van der Waals surface area contributed by atoms with Gasteiger partial charge in [0.2, 0.25) is 5.91 Å². The highest BCUT2D eigenvalue weighted by molar-refractivity contribution is 7.98. The van der Waals surface area contributed by atoms with Crippen molar-refractivity contribution in [1.82, 2.24) is 10.2 Å². The lowest BCUT2D eigenvalue weighted by molar-refractivity contribution is -0.119. The molecule has 3 nitrogen and oxygen atoms in total. The van der Waals surface area contributed by atoms with Crippen LogP contribution < -0.4 is 5.32 Å². The molecule has 1 saturated heterocycles. The molecular weight excluding hydrogens is 280 g/mol. The smallest absolute Gasteiger partial charge is 0.217 e. The zero-order chi connectivity index (χ0) is 15.2. The molecule has 1 aromatic rings. The van der Waals surface area contributed by atoms with E-state index in [-0.39, 0.29) is 11.9 Å². The number of hydrogen-bond acceptors (Lipinski definition) is 3. The van der Waals surface area contributed by atoms with Crippen LogP contribution in [0, 0.1) is 6.92 Å². The van der Waals surface area contributed by atoms with Gasteiger partial charge in [-0.3, -0.25) is 4.79 Å². The lowest BCUT2D eigenvalue weighted by Gasteiger charge is -2.19. The molecular formula is C17H26N2OS. The Morgan fingerprint density at radius 2 is 2.05 bits per heavy atom. The van der Waals surface area contributed by atoms with Crippen LogP contribution in [0.5, 0.6) is 0 Å². The van der Waals surface area contributed by atoms with Gasteiger partial charge in [-0.25, -0.2) is 0 Å². The van der Waals surface area contributed by atoms with Gasteiger partial charge in [0.05, 0.1) is 0 Å². The fourth-order valence-corrected chi connectivity index (χ4v) is 3.48. The fraction of sp³-hybridized carbons (Fsp3) is 0.588. The minimum absolute atomic E-state index is 0.0723. The van der Waals surface area contributed by atoms with Crippen molar-refractivity contribution in [3.63, 3.8) is 0 Å². The van der Waals surface area contributed by atoms with Crippen LogP contribution in [0.15, 0.2) is 24.3 Å². The monoisotopic (exact) mass is 306 g/mol. The average molecular weight is 306 g/mol. The Morgan fingerprint density at radius 1 is 1.33 bits per heavy atom. The van der Waals surface area contributed by atoms with Crippen molar-refractivity contribution in [2.45, 2.75) is 32.2 Å². The van der Waals surface area contributed by atoms with Crippen molar-refractivity contribution in [3.05, 3.63) is 35.4 Å². The largest absolute Gasteiger partial charge is 0.352 e. The molecule has 1 amide bonds. The second-order valence-electron chi connectivity index (χ2n) is 5.93. The maximum atomic E-state index is 11.5. The molecule has 0 aromatic heterocycles. The molecule has 0 spiro atoms. The summed E-state index contributed by atoms with van der Waals surface area (Å²) in [6.45, 7) is 6.86. The van der Waals surface area contributed by atoms with Gasteiger partial charge < -0.3 is 10.2 Å². The predicted octanol–water partition coefficient (Wildman–Crippen LogP) is 2.65. The molecule has 2 rings (SSSR count). The third-order valence-corrected chi connectivity index (χ3v) is 4.81. The topological polar surface area (TPSA) is 32.3 Å². The standard InChI is InChI=1S/C17H26N2OS/c1-13-5-7-15(8-6-13)16-11-19(9-4-10-21-3)12-17(16)18-14(2)20/h5-8,16-17H,4,9-12H2,1-3H3,(H,18,20)/t16-,17+/m0/s1. The van der Waals surface area contributed by atoms with Crippen LogP contribution in [-0.4, -0.2) is 48.5 Å². The Hall–Kier alpha value is -1.00. The number of carbonyl (C=O) groups is 1. The Kier molecular flexibility index (Phi) is 6.12. The van der Waals surface area contributed by atoms with Gasteiger partial charge in [-0.15, -0.1) is 0 Å². The van der Waals surface area contributed by atoms with Gasteiger partial charge in [0.15, 0.2) is 0 Å². The summed E-state index contributed by atoms with van der Waals surface area (Å²) >= 11 is 1.90. The lowest BCUT2D eigenvalue weighted by atomic mass is 9.93. The summed E-state index contributed by atoms with van der Waals surface area (Å²) in [5.74, 6) is 1.68. The summed E-state index contributed by atoms with van der Waals surface area (Å²) in [5, 5.41) is 3.14. The summed E-state index contributed by atoms with van der Waals surface area (Å²) in [4.78, 5) is 14.0. The van der Waals surface area contributed by atoms with Crippen LogP contribution in [0.1, 0.15) is 30.4 Å². The van der Waals surface area contributed by atoms with E-state index < -0.39 is 0 Å². The first-order chi connectivity index (χ1) is 10.1. The fourth-order valence-electron chi connectivity index (χ4n) is 3.06. The average Bonchev–Trinajstić information content (AvgIpc) is 2.82.